The summed E-state index contributed by atoms with van der Waals surface area (Å²) in [5, 5.41) is 2.70. The molecule has 0 radical (unpaired) electrons. The number of esters is 1. The first-order valence-electron chi connectivity index (χ1n) is 8.11. The van der Waals surface area contributed by atoms with Gasteiger partial charge in [-0.15, -0.1) is 0 Å². The Morgan fingerprint density at radius 1 is 0.957 bits per heavy atom. The van der Waals surface area contributed by atoms with Crippen molar-refractivity contribution in [3.63, 3.8) is 0 Å². The fraction of sp³-hybridized carbons (Fsp3) is 0.875. The van der Waals surface area contributed by atoms with Crippen LogP contribution in [0.3, 0.4) is 0 Å². The minimum Gasteiger partial charge on any atom is -0.464 e. The van der Waals surface area contributed by atoms with Crippen molar-refractivity contribution in [3.8, 4) is 0 Å². The molecule has 0 aromatic rings. The van der Waals surface area contributed by atoms with Crippen LogP contribution in [0.15, 0.2) is 0 Å². The van der Waals surface area contributed by atoms with Gasteiger partial charge in [-0.3, -0.25) is 4.79 Å². The van der Waals surface area contributed by atoms with E-state index >= 15 is 0 Å². The Hall–Kier alpha value is -1.18. The van der Waals surface area contributed by atoms with Gasteiger partial charge in [0, 0.05) is 19.8 Å². The van der Waals surface area contributed by atoms with Crippen molar-refractivity contribution in [1.82, 2.24) is 5.32 Å². The second-order valence-electron chi connectivity index (χ2n) is 5.81. The SMILES string of the molecule is CC(C)COC(=O)COCCCOCCNC(=O)COC(C)C. The van der Waals surface area contributed by atoms with Gasteiger partial charge in [0.2, 0.25) is 5.91 Å². The molecule has 0 saturated heterocycles. The monoisotopic (exact) mass is 333 g/mol. The molecule has 1 amide bonds. The maximum Gasteiger partial charge on any atom is 0.332 e. The van der Waals surface area contributed by atoms with E-state index < -0.39 is 0 Å². The van der Waals surface area contributed by atoms with E-state index in [1.54, 1.807) is 0 Å². The molecular weight excluding hydrogens is 302 g/mol. The first-order valence-corrected chi connectivity index (χ1v) is 8.11. The zero-order valence-corrected chi connectivity index (χ0v) is 14.8. The molecule has 0 fully saturated rings. The average molecular weight is 333 g/mol. The van der Waals surface area contributed by atoms with E-state index in [0.717, 1.165) is 0 Å². The van der Waals surface area contributed by atoms with Crippen LogP contribution in [0.5, 0.6) is 0 Å². The van der Waals surface area contributed by atoms with E-state index in [4.69, 9.17) is 18.9 Å². The van der Waals surface area contributed by atoms with Crippen molar-refractivity contribution in [3.05, 3.63) is 0 Å². The molecule has 0 aromatic carbocycles. The lowest BCUT2D eigenvalue weighted by Gasteiger charge is -2.09. The Morgan fingerprint density at radius 3 is 2.30 bits per heavy atom. The largest absolute Gasteiger partial charge is 0.464 e. The number of nitrogens with one attached hydrogen (secondary N) is 1. The molecule has 136 valence electrons. The number of carbonyl (C=O) groups is 2. The molecule has 1 N–H and O–H groups in total. The third-order valence-corrected chi connectivity index (χ3v) is 2.49. The Kier molecular flexibility index (Phi) is 13.7. The van der Waals surface area contributed by atoms with E-state index in [9.17, 15) is 9.59 Å². The third-order valence-electron chi connectivity index (χ3n) is 2.49. The summed E-state index contributed by atoms with van der Waals surface area (Å²) in [6, 6.07) is 0. The zero-order chi connectivity index (χ0) is 17.5. The van der Waals surface area contributed by atoms with Crippen LogP contribution >= 0.6 is 0 Å². The molecule has 7 heteroatoms. The van der Waals surface area contributed by atoms with Crippen molar-refractivity contribution in [2.24, 2.45) is 5.92 Å². The molecule has 0 rings (SSSR count). The summed E-state index contributed by atoms with van der Waals surface area (Å²) in [7, 11) is 0. The molecule has 0 aliphatic carbocycles. The van der Waals surface area contributed by atoms with Crippen molar-refractivity contribution < 1.29 is 28.5 Å². The standard InChI is InChI=1S/C16H31NO6/c1-13(2)10-23-16(19)12-21-8-5-7-20-9-6-17-15(18)11-22-14(3)4/h13-14H,5-12H2,1-4H3,(H,17,18). The summed E-state index contributed by atoms with van der Waals surface area (Å²) in [4.78, 5) is 22.6. The van der Waals surface area contributed by atoms with E-state index in [1.165, 1.54) is 0 Å². The van der Waals surface area contributed by atoms with Crippen LogP contribution in [0.2, 0.25) is 0 Å². The second-order valence-corrected chi connectivity index (χ2v) is 5.81. The smallest absolute Gasteiger partial charge is 0.332 e. The normalized spacial score (nSPS) is 11.0. The number of hydrogen-bond donors (Lipinski definition) is 1. The van der Waals surface area contributed by atoms with Gasteiger partial charge in [0.25, 0.3) is 0 Å². The summed E-state index contributed by atoms with van der Waals surface area (Å²) in [6.45, 7) is 10.00. The topological polar surface area (TPSA) is 83.1 Å². The molecule has 7 nitrogen and oxygen atoms in total. The zero-order valence-electron chi connectivity index (χ0n) is 14.8. The summed E-state index contributed by atoms with van der Waals surface area (Å²) in [5.41, 5.74) is 0. The molecule has 0 bridgehead atoms. The summed E-state index contributed by atoms with van der Waals surface area (Å²) >= 11 is 0. The van der Waals surface area contributed by atoms with Crippen LogP contribution in [0.25, 0.3) is 0 Å². The molecule has 0 aromatic heterocycles. The lowest BCUT2D eigenvalue weighted by molar-refractivity contribution is -0.150. The molecule has 0 spiro atoms. The van der Waals surface area contributed by atoms with Crippen LogP contribution in [0, 0.1) is 5.92 Å². The molecule has 0 aliphatic heterocycles. The van der Waals surface area contributed by atoms with Crippen molar-refractivity contribution in [2.45, 2.75) is 40.2 Å². The molecule has 0 saturated carbocycles. The fourth-order valence-corrected chi connectivity index (χ4v) is 1.38. The quantitative estimate of drug-likeness (QED) is 0.379. The number of ether oxygens (including phenoxy) is 4. The summed E-state index contributed by atoms with van der Waals surface area (Å²) in [6.07, 6.45) is 0.724. The first-order chi connectivity index (χ1) is 10.9. The van der Waals surface area contributed by atoms with E-state index in [2.05, 4.69) is 5.32 Å². The van der Waals surface area contributed by atoms with Gasteiger partial charge in [-0.2, -0.15) is 0 Å². The lowest BCUT2D eigenvalue weighted by atomic mass is 10.2. The van der Waals surface area contributed by atoms with Crippen LogP contribution in [0.1, 0.15) is 34.1 Å². The minimum absolute atomic E-state index is 0.0291. The van der Waals surface area contributed by atoms with Gasteiger partial charge in [0.15, 0.2) is 0 Å². The highest BCUT2D eigenvalue weighted by atomic mass is 16.6. The van der Waals surface area contributed by atoms with Crippen LogP contribution < -0.4 is 5.32 Å². The molecule has 0 atom stereocenters. The highest BCUT2D eigenvalue weighted by Gasteiger charge is 2.04. The average Bonchev–Trinajstić information content (AvgIpc) is 2.49. The molecule has 23 heavy (non-hydrogen) atoms. The highest BCUT2D eigenvalue weighted by Crippen LogP contribution is 1.94. The Balaban J connectivity index is 3.27. The Bertz CT molecular complexity index is 290. The van der Waals surface area contributed by atoms with Gasteiger partial charge in [-0.05, 0) is 26.2 Å². The van der Waals surface area contributed by atoms with Crippen molar-refractivity contribution in [2.75, 3.05) is 46.2 Å². The minimum atomic E-state index is -0.342. The van der Waals surface area contributed by atoms with E-state index in [-0.39, 0.29) is 31.2 Å². The fourth-order valence-electron chi connectivity index (χ4n) is 1.38. The van der Waals surface area contributed by atoms with Gasteiger partial charge in [0.05, 0.1) is 19.3 Å². The molecular formula is C16H31NO6. The number of amides is 1. The molecule has 0 unspecified atom stereocenters. The predicted molar refractivity (Wildman–Crippen MR) is 86.1 cm³/mol. The summed E-state index contributed by atoms with van der Waals surface area (Å²) in [5.74, 6) is -0.165. The Morgan fingerprint density at radius 2 is 1.65 bits per heavy atom. The number of rotatable bonds is 14. The van der Waals surface area contributed by atoms with Crippen LogP contribution in [0.4, 0.5) is 0 Å². The van der Waals surface area contributed by atoms with Gasteiger partial charge < -0.3 is 24.3 Å². The lowest BCUT2D eigenvalue weighted by Crippen LogP contribution is -2.31. The predicted octanol–water partition coefficient (Wildman–Crippen LogP) is 1.15. The van der Waals surface area contributed by atoms with Gasteiger partial charge >= 0.3 is 5.97 Å². The maximum absolute atomic E-state index is 11.3. The highest BCUT2D eigenvalue weighted by molar-refractivity contribution is 5.77. The second kappa shape index (κ2) is 14.4. The van der Waals surface area contributed by atoms with Gasteiger partial charge in [0.1, 0.15) is 13.2 Å². The first kappa shape index (κ1) is 21.8. The van der Waals surface area contributed by atoms with Crippen molar-refractivity contribution in [1.29, 1.82) is 0 Å². The van der Waals surface area contributed by atoms with Gasteiger partial charge in [-0.1, -0.05) is 13.8 Å². The van der Waals surface area contributed by atoms with Crippen LogP contribution in [-0.2, 0) is 28.5 Å². The number of hydrogen-bond acceptors (Lipinski definition) is 6. The molecule has 0 aliphatic rings. The van der Waals surface area contributed by atoms with Crippen LogP contribution in [-0.4, -0.2) is 64.2 Å². The van der Waals surface area contributed by atoms with E-state index in [0.29, 0.717) is 45.3 Å². The number of carbonyl (C=O) groups excluding carboxylic acids is 2. The summed E-state index contributed by atoms with van der Waals surface area (Å²) < 4.78 is 20.7. The van der Waals surface area contributed by atoms with Crippen molar-refractivity contribution >= 4 is 11.9 Å². The van der Waals surface area contributed by atoms with Gasteiger partial charge in [-0.25, -0.2) is 4.79 Å². The molecule has 0 heterocycles. The maximum atomic E-state index is 11.3. The third kappa shape index (κ3) is 17.0. The van der Waals surface area contributed by atoms with E-state index in [1.807, 2.05) is 27.7 Å². The Labute approximate surface area is 139 Å².